The Bertz CT molecular complexity index is 750. The predicted octanol–water partition coefficient (Wildman–Crippen LogP) is 2.77. The summed E-state index contributed by atoms with van der Waals surface area (Å²) < 4.78 is 11.4. The number of nitrogens with zero attached hydrogens (tertiary/aromatic N) is 2. The van der Waals surface area contributed by atoms with Gasteiger partial charge in [0.15, 0.2) is 0 Å². The van der Waals surface area contributed by atoms with E-state index in [4.69, 9.17) is 15.3 Å². The van der Waals surface area contributed by atoms with Gasteiger partial charge < -0.3 is 9.47 Å². The molecule has 1 saturated heterocycles. The Morgan fingerprint density at radius 3 is 2.27 bits per heavy atom. The Morgan fingerprint density at radius 2 is 1.65 bits per heavy atom. The molecule has 0 saturated carbocycles. The molecule has 0 aliphatic carbocycles. The van der Waals surface area contributed by atoms with Gasteiger partial charge >= 0.3 is 0 Å². The average Bonchev–Trinajstić information content (AvgIpc) is 3.11. The number of hydrogen-bond donors (Lipinski definition) is 1. The van der Waals surface area contributed by atoms with Gasteiger partial charge in [-0.3, -0.25) is 10.0 Å². The third-order valence-corrected chi connectivity index (χ3v) is 4.89. The molecule has 0 amide bonds. The van der Waals surface area contributed by atoms with Gasteiger partial charge in [0, 0.05) is 18.4 Å². The minimum Gasteiger partial charge on any atom is -0.490 e. The third kappa shape index (κ3) is 4.06. The van der Waals surface area contributed by atoms with E-state index in [1.54, 1.807) is 5.01 Å². The lowest BCUT2D eigenvalue weighted by atomic mass is 10.0. The molecule has 0 unspecified atom stereocenters. The van der Waals surface area contributed by atoms with E-state index in [9.17, 15) is 0 Å². The summed E-state index contributed by atoms with van der Waals surface area (Å²) in [7, 11) is 0. The maximum atomic E-state index is 6.03. The van der Waals surface area contributed by atoms with E-state index >= 15 is 0 Å². The Labute approximate surface area is 154 Å². The van der Waals surface area contributed by atoms with Crippen LogP contribution in [0.2, 0.25) is 0 Å². The van der Waals surface area contributed by atoms with Crippen LogP contribution >= 0.6 is 0 Å². The fourth-order valence-electron chi connectivity index (χ4n) is 3.40. The Kier molecular flexibility index (Phi) is 5.18. The molecule has 5 nitrogen and oxygen atoms in total. The second-order valence-corrected chi connectivity index (χ2v) is 6.85. The zero-order valence-electron chi connectivity index (χ0n) is 14.9. The summed E-state index contributed by atoms with van der Waals surface area (Å²) >= 11 is 0. The van der Waals surface area contributed by atoms with Crippen molar-refractivity contribution in [3.8, 4) is 5.75 Å². The molecule has 0 atom stereocenters. The van der Waals surface area contributed by atoms with Crippen molar-refractivity contribution in [3.05, 3.63) is 65.2 Å². The van der Waals surface area contributed by atoms with Crippen LogP contribution in [-0.4, -0.2) is 43.3 Å². The predicted molar refractivity (Wildman–Crippen MR) is 102 cm³/mol. The topological polar surface area (TPSA) is 60.1 Å². The van der Waals surface area contributed by atoms with Crippen LogP contribution in [-0.2, 0) is 11.2 Å². The zero-order valence-corrected chi connectivity index (χ0v) is 14.9. The van der Waals surface area contributed by atoms with Crippen molar-refractivity contribution in [1.82, 2.24) is 5.01 Å². The van der Waals surface area contributed by atoms with Gasteiger partial charge in [-0.05, 0) is 29.7 Å². The highest BCUT2D eigenvalue weighted by Crippen LogP contribution is 2.20. The maximum Gasteiger partial charge on any atom is 0.145 e. The number of amidine groups is 1. The maximum absolute atomic E-state index is 6.03. The van der Waals surface area contributed by atoms with Gasteiger partial charge in [-0.15, -0.1) is 0 Å². The molecule has 0 bridgehead atoms. The van der Waals surface area contributed by atoms with Crippen LogP contribution in [0.4, 0.5) is 0 Å². The molecular formula is C21H25N3O2. The van der Waals surface area contributed by atoms with E-state index in [-0.39, 0.29) is 6.10 Å². The quantitative estimate of drug-likeness (QED) is 0.842. The van der Waals surface area contributed by atoms with E-state index in [0.717, 1.165) is 62.7 Å². The van der Waals surface area contributed by atoms with Crippen LogP contribution in [0.25, 0.3) is 0 Å². The largest absolute Gasteiger partial charge is 0.490 e. The Morgan fingerprint density at radius 1 is 1.00 bits per heavy atom. The van der Waals surface area contributed by atoms with E-state index in [1.165, 1.54) is 11.1 Å². The fraction of sp³-hybridized carbons (Fsp3) is 0.381. The molecule has 26 heavy (non-hydrogen) atoms. The summed E-state index contributed by atoms with van der Waals surface area (Å²) in [5.41, 5.74) is 3.62. The SMILES string of the molecule is NN1CCN=C1c1ccc(Cc2ccc(OC3CCOCC3)cc2)cc1. The summed E-state index contributed by atoms with van der Waals surface area (Å²) in [6.45, 7) is 3.16. The van der Waals surface area contributed by atoms with Gasteiger partial charge in [0.2, 0.25) is 0 Å². The summed E-state index contributed by atoms with van der Waals surface area (Å²) in [4.78, 5) is 4.45. The highest BCUT2D eigenvalue weighted by Gasteiger charge is 2.16. The minimum atomic E-state index is 0.280. The summed E-state index contributed by atoms with van der Waals surface area (Å²) in [5, 5.41) is 1.71. The van der Waals surface area contributed by atoms with Gasteiger partial charge in [-0.1, -0.05) is 36.4 Å². The van der Waals surface area contributed by atoms with Gasteiger partial charge in [0.1, 0.15) is 17.7 Å². The fourth-order valence-corrected chi connectivity index (χ4v) is 3.40. The van der Waals surface area contributed by atoms with Gasteiger partial charge in [-0.25, -0.2) is 5.84 Å². The minimum absolute atomic E-state index is 0.280. The second-order valence-electron chi connectivity index (χ2n) is 6.85. The molecule has 2 aromatic rings. The molecule has 0 radical (unpaired) electrons. The number of hydrogen-bond acceptors (Lipinski definition) is 5. The normalized spacial score (nSPS) is 18.0. The number of ether oxygens (including phenoxy) is 2. The average molecular weight is 351 g/mol. The van der Waals surface area contributed by atoms with E-state index in [1.807, 2.05) is 0 Å². The van der Waals surface area contributed by atoms with Crippen LogP contribution < -0.4 is 10.6 Å². The molecule has 2 N–H and O–H groups in total. The van der Waals surface area contributed by atoms with E-state index in [0.29, 0.717) is 0 Å². The van der Waals surface area contributed by atoms with Crippen molar-refractivity contribution < 1.29 is 9.47 Å². The van der Waals surface area contributed by atoms with Crippen molar-refractivity contribution in [2.45, 2.75) is 25.4 Å². The lowest BCUT2D eigenvalue weighted by Gasteiger charge is -2.23. The summed E-state index contributed by atoms with van der Waals surface area (Å²) in [6, 6.07) is 16.9. The Balaban J connectivity index is 1.36. The lowest BCUT2D eigenvalue weighted by molar-refractivity contribution is 0.0255. The standard InChI is InChI=1S/C21H25N3O2/c22-24-12-11-23-21(24)18-5-1-16(2-6-18)15-17-3-7-19(8-4-17)26-20-9-13-25-14-10-20/h1-8,20H,9-15,22H2. The molecule has 136 valence electrons. The number of nitrogens with two attached hydrogens (primary N) is 1. The first-order valence-electron chi connectivity index (χ1n) is 9.27. The zero-order chi connectivity index (χ0) is 17.8. The smallest absolute Gasteiger partial charge is 0.145 e. The van der Waals surface area contributed by atoms with Crippen molar-refractivity contribution >= 4 is 5.84 Å². The second kappa shape index (κ2) is 7.89. The highest BCUT2D eigenvalue weighted by molar-refractivity contribution is 5.99. The first-order chi connectivity index (χ1) is 12.8. The number of rotatable bonds is 5. The van der Waals surface area contributed by atoms with E-state index in [2.05, 4.69) is 53.5 Å². The van der Waals surface area contributed by atoms with Crippen molar-refractivity contribution in [1.29, 1.82) is 0 Å². The third-order valence-electron chi connectivity index (χ3n) is 4.89. The monoisotopic (exact) mass is 351 g/mol. The van der Waals surface area contributed by atoms with Crippen molar-refractivity contribution in [2.75, 3.05) is 26.3 Å². The highest BCUT2D eigenvalue weighted by atomic mass is 16.5. The number of aliphatic imine (C=N–C) groups is 1. The van der Waals surface area contributed by atoms with E-state index < -0.39 is 0 Å². The van der Waals surface area contributed by atoms with Crippen LogP contribution in [0.5, 0.6) is 5.75 Å². The number of hydrazine groups is 1. The van der Waals surface area contributed by atoms with Gasteiger partial charge in [0.25, 0.3) is 0 Å². The Hall–Kier alpha value is -2.37. The molecule has 4 rings (SSSR count). The molecule has 2 heterocycles. The molecule has 5 heteroatoms. The van der Waals surface area contributed by atoms with Gasteiger partial charge in [0.05, 0.1) is 26.3 Å². The lowest BCUT2D eigenvalue weighted by Crippen LogP contribution is -2.34. The van der Waals surface area contributed by atoms with Crippen LogP contribution in [0.15, 0.2) is 53.5 Å². The van der Waals surface area contributed by atoms with Crippen molar-refractivity contribution in [3.63, 3.8) is 0 Å². The summed E-state index contributed by atoms with van der Waals surface area (Å²) in [5.74, 6) is 7.76. The van der Waals surface area contributed by atoms with Crippen LogP contribution in [0, 0.1) is 0 Å². The molecule has 0 aromatic heterocycles. The summed E-state index contributed by atoms with van der Waals surface area (Å²) in [6.07, 6.45) is 3.12. The molecule has 2 aliphatic rings. The molecule has 2 aliphatic heterocycles. The first kappa shape index (κ1) is 17.1. The van der Waals surface area contributed by atoms with Crippen LogP contribution in [0.1, 0.15) is 29.5 Å². The molecule has 1 fully saturated rings. The molecule has 0 spiro atoms. The number of benzene rings is 2. The van der Waals surface area contributed by atoms with Crippen LogP contribution in [0.3, 0.4) is 0 Å². The van der Waals surface area contributed by atoms with Gasteiger partial charge in [-0.2, -0.15) is 0 Å². The molecule has 2 aromatic carbocycles. The first-order valence-corrected chi connectivity index (χ1v) is 9.27. The molecular weight excluding hydrogens is 326 g/mol. The van der Waals surface area contributed by atoms with Crippen molar-refractivity contribution in [2.24, 2.45) is 10.8 Å².